The molecule has 0 aliphatic carbocycles. The minimum Gasteiger partial charge on any atom is -0.338 e. The number of amides is 1. The molecule has 2 atom stereocenters. The highest BCUT2D eigenvalue weighted by Crippen LogP contribution is 2.24. The monoisotopic (exact) mass is 330 g/mol. The van der Waals surface area contributed by atoms with E-state index < -0.39 is 0 Å². The Bertz CT molecular complexity index is 670. The summed E-state index contributed by atoms with van der Waals surface area (Å²) in [5, 5.41) is 2.83. The van der Waals surface area contributed by atoms with Gasteiger partial charge in [-0.1, -0.05) is 6.07 Å². The fraction of sp³-hybridized carbons (Fsp3) is 0.471. The second-order valence-corrected chi connectivity index (χ2v) is 7.04. The third-order valence-corrected chi connectivity index (χ3v) is 5.38. The fourth-order valence-electron chi connectivity index (χ4n) is 3.22. The van der Waals surface area contributed by atoms with E-state index in [0.717, 1.165) is 29.4 Å². The maximum Gasteiger partial charge on any atom is 0.228 e. The van der Waals surface area contributed by atoms with Crippen molar-refractivity contribution in [1.29, 1.82) is 0 Å². The highest BCUT2D eigenvalue weighted by molar-refractivity contribution is 7.13. The Morgan fingerprint density at radius 3 is 2.91 bits per heavy atom. The number of nitrogens with zero attached hydrogens (tertiary/aromatic N) is 4. The van der Waals surface area contributed by atoms with Gasteiger partial charge in [-0.15, -0.1) is 11.3 Å². The molecule has 5 nitrogen and oxygen atoms in total. The predicted octanol–water partition coefficient (Wildman–Crippen LogP) is 2.30. The van der Waals surface area contributed by atoms with Gasteiger partial charge in [-0.05, 0) is 39.6 Å². The third kappa shape index (κ3) is 3.43. The Balaban J connectivity index is 1.66. The smallest absolute Gasteiger partial charge is 0.228 e. The fourth-order valence-corrected chi connectivity index (χ4v) is 4.01. The first-order valence-electron chi connectivity index (χ1n) is 7.88. The van der Waals surface area contributed by atoms with Gasteiger partial charge in [0, 0.05) is 30.2 Å². The molecule has 3 rings (SSSR count). The number of rotatable bonds is 4. The summed E-state index contributed by atoms with van der Waals surface area (Å²) in [6, 6.07) is 6.47. The van der Waals surface area contributed by atoms with E-state index >= 15 is 0 Å². The van der Waals surface area contributed by atoms with Gasteiger partial charge in [-0.25, -0.2) is 4.98 Å². The van der Waals surface area contributed by atoms with Crippen molar-refractivity contribution in [2.75, 3.05) is 20.6 Å². The summed E-state index contributed by atoms with van der Waals surface area (Å²) in [6.45, 7) is 2.97. The topological polar surface area (TPSA) is 49.3 Å². The molecule has 2 aromatic rings. The number of carbonyl (C=O) groups is 1. The molecule has 1 aliphatic rings. The second-order valence-electron chi connectivity index (χ2n) is 6.18. The first-order chi connectivity index (χ1) is 11.1. The molecule has 1 fully saturated rings. The van der Waals surface area contributed by atoms with Crippen molar-refractivity contribution in [2.24, 2.45) is 0 Å². The minimum absolute atomic E-state index is 0.166. The van der Waals surface area contributed by atoms with Crippen LogP contribution in [0.5, 0.6) is 0 Å². The average Bonchev–Trinajstić information content (AvgIpc) is 3.15. The summed E-state index contributed by atoms with van der Waals surface area (Å²) in [5.41, 5.74) is 1.69. The first-order valence-corrected chi connectivity index (χ1v) is 8.76. The number of hydrogen-bond donors (Lipinski definition) is 0. The zero-order valence-corrected chi connectivity index (χ0v) is 14.6. The zero-order valence-electron chi connectivity index (χ0n) is 13.8. The molecule has 0 radical (unpaired) electrons. The number of likely N-dealkylation sites (tertiary alicyclic amines) is 1. The standard InChI is InChI=1S/C17H22N4OS/c1-12-15(20(2)3)7-9-21(12)16(22)10-13-11-23-17(19-13)14-6-4-5-8-18-14/h4-6,8,11-12,15H,7,9-10H2,1-3H3/t12-,15-/m1/s1. The van der Waals surface area contributed by atoms with Crippen molar-refractivity contribution in [3.8, 4) is 10.7 Å². The summed E-state index contributed by atoms with van der Waals surface area (Å²) in [7, 11) is 4.16. The van der Waals surface area contributed by atoms with Gasteiger partial charge in [-0.2, -0.15) is 0 Å². The van der Waals surface area contributed by atoms with Crippen LogP contribution >= 0.6 is 11.3 Å². The zero-order chi connectivity index (χ0) is 16.4. The van der Waals surface area contributed by atoms with Crippen molar-refractivity contribution in [3.63, 3.8) is 0 Å². The largest absolute Gasteiger partial charge is 0.338 e. The number of likely N-dealkylation sites (N-methyl/N-ethyl adjacent to an activating group) is 1. The van der Waals surface area contributed by atoms with Gasteiger partial charge < -0.3 is 9.80 Å². The van der Waals surface area contributed by atoms with Crippen molar-refractivity contribution < 1.29 is 4.79 Å². The van der Waals surface area contributed by atoms with E-state index in [1.807, 2.05) is 28.5 Å². The van der Waals surface area contributed by atoms with Crippen molar-refractivity contribution in [2.45, 2.75) is 31.8 Å². The lowest BCUT2D eigenvalue weighted by Gasteiger charge is -2.28. The van der Waals surface area contributed by atoms with Crippen LogP contribution in [-0.2, 0) is 11.2 Å². The van der Waals surface area contributed by atoms with E-state index in [9.17, 15) is 4.79 Å². The maximum atomic E-state index is 12.6. The van der Waals surface area contributed by atoms with E-state index in [0.29, 0.717) is 12.5 Å². The van der Waals surface area contributed by atoms with Crippen LogP contribution < -0.4 is 0 Å². The number of hydrogen-bond acceptors (Lipinski definition) is 5. The first kappa shape index (κ1) is 16.1. The van der Waals surface area contributed by atoms with E-state index in [4.69, 9.17) is 0 Å². The summed E-state index contributed by atoms with van der Waals surface area (Å²) in [4.78, 5) is 25.7. The molecule has 1 saturated heterocycles. The number of thiazole rings is 1. The molecule has 2 aromatic heterocycles. The highest BCUT2D eigenvalue weighted by atomic mass is 32.1. The second kappa shape index (κ2) is 6.76. The molecule has 23 heavy (non-hydrogen) atoms. The van der Waals surface area contributed by atoms with Gasteiger partial charge in [-0.3, -0.25) is 9.78 Å². The molecule has 0 unspecified atom stereocenters. The van der Waals surface area contributed by atoms with E-state index in [-0.39, 0.29) is 11.9 Å². The highest BCUT2D eigenvalue weighted by Gasteiger charge is 2.34. The van der Waals surface area contributed by atoms with Gasteiger partial charge in [0.15, 0.2) is 0 Å². The molecule has 0 N–H and O–H groups in total. The van der Waals surface area contributed by atoms with Crippen LogP contribution in [-0.4, -0.2) is 58.4 Å². The number of carbonyl (C=O) groups excluding carboxylic acids is 1. The molecule has 122 valence electrons. The molecule has 1 aliphatic heterocycles. The maximum absolute atomic E-state index is 12.6. The number of pyridine rings is 1. The lowest BCUT2D eigenvalue weighted by Crippen LogP contribution is -2.42. The molecule has 0 spiro atoms. The van der Waals surface area contributed by atoms with E-state index in [2.05, 4.69) is 35.9 Å². The van der Waals surface area contributed by atoms with Crippen LogP contribution in [0.4, 0.5) is 0 Å². The summed E-state index contributed by atoms with van der Waals surface area (Å²) >= 11 is 1.54. The van der Waals surface area contributed by atoms with Crippen molar-refractivity contribution in [3.05, 3.63) is 35.5 Å². The molecule has 3 heterocycles. The Hall–Kier alpha value is -1.79. The number of aromatic nitrogens is 2. The van der Waals surface area contributed by atoms with Gasteiger partial charge in [0.1, 0.15) is 5.01 Å². The van der Waals surface area contributed by atoms with Crippen LogP contribution in [0.2, 0.25) is 0 Å². The quantitative estimate of drug-likeness (QED) is 0.863. The normalized spacial score (nSPS) is 21.1. The van der Waals surface area contributed by atoms with Crippen molar-refractivity contribution in [1.82, 2.24) is 19.8 Å². The summed E-state index contributed by atoms with van der Waals surface area (Å²) < 4.78 is 0. The third-order valence-electron chi connectivity index (χ3n) is 4.47. The molecular weight excluding hydrogens is 308 g/mol. The molecule has 6 heteroatoms. The molecule has 0 saturated carbocycles. The molecule has 1 amide bonds. The molecule has 0 aromatic carbocycles. The molecular formula is C17H22N4OS. The Morgan fingerprint density at radius 2 is 2.26 bits per heavy atom. The Morgan fingerprint density at radius 1 is 1.43 bits per heavy atom. The Kier molecular flexibility index (Phi) is 4.73. The van der Waals surface area contributed by atoms with Crippen LogP contribution in [0.1, 0.15) is 19.0 Å². The van der Waals surface area contributed by atoms with Gasteiger partial charge in [0.05, 0.1) is 17.8 Å². The van der Waals surface area contributed by atoms with E-state index in [1.54, 1.807) is 17.5 Å². The van der Waals surface area contributed by atoms with E-state index in [1.165, 1.54) is 0 Å². The van der Waals surface area contributed by atoms with Crippen molar-refractivity contribution >= 4 is 17.2 Å². The lowest BCUT2D eigenvalue weighted by molar-refractivity contribution is -0.131. The minimum atomic E-state index is 0.166. The predicted molar refractivity (Wildman–Crippen MR) is 92.3 cm³/mol. The average molecular weight is 330 g/mol. The summed E-state index contributed by atoms with van der Waals surface area (Å²) in [5.74, 6) is 0.166. The van der Waals surface area contributed by atoms with Gasteiger partial charge >= 0.3 is 0 Å². The van der Waals surface area contributed by atoms with Crippen LogP contribution in [0.15, 0.2) is 29.8 Å². The van der Waals surface area contributed by atoms with Gasteiger partial charge in [0.2, 0.25) is 5.91 Å². The van der Waals surface area contributed by atoms with Gasteiger partial charge in [0.25, 0.3) is 0 Å². The molecule has 0 bridgehead atoms. The SMILES string of the molecule is C[C@@H]1[C@H](N(C)C)CCN1C(=O)Cc1csc(-c2ccccn2)n1. The van der Waals surface area contributed by atoms with Crippen LogP contribution in [0.25, 0.3) is 10.7 Å². The lowest BCUT2D eigenvalue weighted by atomic mass is 10.1. The van der Waals surface area contributed by atoms with Crippen LogP contribution in [0, 0.1) is 0 Å². The summed E-state index contributed by atoms with van der Waals surface area (Å²) in [6.07, 6.45) is 3.17. The Labute approximate surface area is 141 Å². The van der Waals surface area contributed by atoms with Crippen LogP contribution in [0.3, 0.4) is 0 Å².